The molecule has 0 unspecified atom stereocenters. The zero-order valence-corrected chi connectivity index (χ0v) is 17.1. The van der Waals surface area contributed by atoms with E-state index in [2.05, 4.69) is 0 Å². The number of amides is 2. The van der Waals surface area contributed by atoms with Crippen LogP contribution >= 0.6 is 23.2 Å². The van der Waals surface area contributed by atoms with Crippen molar-refractivity contribution in [1.82, 2.24) is 0 Å². The quantitative estimate of drug-likeness (QED) is 0.537. The lowest BCUT2D eigenvalue weighted by molar-refractivity contribution is -0.126. The number of hydrogen-bond acceptors (Lipinski definition) is 4. The molecule has 0 N–H and O–H groups in total. The number of hydroxylamine groups is 1. The van der Waals surface area contributed by atoms with E-state index in [4.69, 9.17) is 28.0 Å². The van der Waals surface area contributed by atoms with Crippen molar-refractivity contribution in [2.75, 3.05) is 9.96 Å². The normalized spacial score (nSPS) is 23.2. The van der Waals surface area contributed by atoms with Crippen molar-refractivity contribution in [2.45, 2.75) is 12.1 Å². The third-order valence-corrected chi connectivity index (χ3v) is 5.93. The number of fused-ring (bicyclic) bond motifs is 1. The Hall–Kier alpha value is -2.86. The molecule has 0 radical (unpaired) electrons. The second-order valence-corrected chi connectivity index (χ2v) is 8.07. The van der Waals surface area contributed by atoms with Crippen molar-refractivity contribution < 1.29 is 14.4 Å². The van der Waals surface area contributed by atoms with E-state index in [1.54, 1.807) is 41.5 Å². The largest absolute Gasteiger partial charge is 0.273 e. The fraction of sp³-hybridized carbons (Fsp3) is 0.130. The molecule has 0 aromatic heterocycles. The van der Waals surface area contributed by atoms with Gasteiger partial charge in [0.2, 0.25) is 5.91 Å². The first-order valence-electron chi connectivity index (χ1n) is 9.44. The number of halogens is 2. The van der Waals surface area contributed by atoms with E-state index in [0.717, 1.165) is 11.3 Å². The summed E-state index contributed by atoms with van der Waals surface area (Å²) in [5, 5.41) is 2.79. The highest BCUT2D eigenvalue weighted by Gasteiger charge is 2.60. The third-order valence-electron chi connectivity index (χ3n) is 5.42. The molecule has 2 saturated heterocycles. The average Bonchev–Trinajstić information content (AvgIpc) is 3.27. The molecular formula is C23H16Cl2N2O3. The smallest absolute Gasteiger partial charge is 0.266 e. The molecule has 2 heterocycles. The Morgan fingerprint density at radius 1 is 0.700 bits per heavy atom. The minimum absolute atomic E-state index is 0.300. The molecule has 0 aliphatic carbocycles. The van der Waals surface area contributed by atoms with Crippen molar-refractivity contribution >= 4 is 46.4 Å². The van der Waals surface area contributed by atoms with Gasteiger partial charge in [0.25, 0.3) is 5.91 Å². The number of anilines is 2. The highest BCUT2D eigenvalue weighted by molar-refractivity contribution is 6.31. The molecule has 0 spiro atoms. The maximum absolute atomic E-state index is 13.4. The third kappa shape index (κ3) is 3.06. The maximum Gasteiger partial charge on any atom is 0.266 e. The topological polar surface area (TPSA) is 49.9 Å². The van der Waals surface area contributed by atoms with E-state index in [-0.39, 0.29) is 11.8 Å². The van der Waals surface area contributed by atoms with Gasteiger partial charge in [-0.2, -0.15) is 0 Å². The summed E-state index contributed by atoms with van der Waals surface area (Å²) in [5.74, 6) is -1.37. The molecule has 5 rings (SSSR count). The Morgan fingerprint density at radius 3 is 1.93 bits per heavy atom. The van der Waals surface area contributed by atoms with Crippen LogP contribution in [0.3, 0.4) is 0 Å². The van der Waals surface area contributed by atoms with E-state index < -0.39 is 18.1 Å². The number of nitrogens with zero attached hydrogens (tertiary/aromatic N) is 2. The van der Waals surface area contributed by atoms with Crippen molar-refractivity contribution in [3.63, 3.8) is 0 Å². The van der Waals surface area contributed by atoms with Crippen LogP contribution in [0.15, 0.2) is 78.9 Å². The molecule has 3 aromatic carbocycles. The van der Waals surface area contributed by atoms with Gasteiger partial charge in [-0.3, -0.25) is 14.4 Å². The zero-order chi connectivity index (χ0) is 20.8. The predicted molar refractivity (Wildman–Crippen MR) is 115 cm³/mol. The molecule has 2 fully saturated rings. The first kappa shape index (κ1) is 19.1. The zero-order valence-electron chi connectivity index (χ0n) is 15.6. The van der Waals surface area contributed by atoms with Crippen molar-refractivity contribution in [3.8, 4) is 0 Å². The Labute approximate surface area is 183 Å². The maximum atomic E-state index is 13.4. The molecule has 150 valence electrons. The van der Waals surface area contributed by atoms with Crippen LogP contribution in [0.4, 0.5) is 11.4 Å². The summed E-state index contributed by atoms with van der Waals surface area (Å²) in [6.07, 6.45) is -0.908. The number of carbonyl (C=O) groups is 2. The highest BCUT2D eigenvalue weighted by atomic mass is 35.5. The second-order valence-electron chi connectivity index (χ2n) is 7.20. The Balaban J connectivity index is 1.58. The van der Waals surface area contributed by atoms with E-state index in [0.29, 0.717) is 15.7 Å². The van der Waals surface area contributed by atoms with E-state index >= 15 is 0 Å². The van der Waals surface area contributed by atoms with Gasteiger partial charge in [-0.15, -0.1) is 0 Å². The van der Waals surface area contributed by atoms with Gasteiger partial charge in [-0.05, 0) is 54.1 Å². The predicted octanol–water partition coefficient (Wildman–Crippen LogP) is 5.04. The fourth-order valence-electron chi connectivity index (χ4n) is 4.06. The van der Waals surface area contributed by atoms with Crippen molar-refractivity contribution in [1.29, 1.82) is 0 Å². The first-order valence-corrected chi connectivity index (χ1v) is 10.2. The van der Waals surface area contributed by atoms with Crippen LogP contribution in [0.1, 0.15) is 11.6 Å². The minimum Gasteiger partial charge on any atom is -0.273 e. The number of hydrogen-bond donors (Lipinski definition) is 0. The molecular weight excluding hydrogens is 423 g/mol. The van der Waals surface area contributed by atoms with Gasteiger partial charge < -0.3 is 0 Å². The molecule has 7 heteroatoms. The van der Waals surface area contributed by atoms with E-state index in [1.165, 1.54) is 4.90 Å². The van der Waals surface area contributed by atoms with Crippen LogP contribution in [0, 0.1) is 5.92 Å². The lowest BCUT2D eigenvalue weighted by Crippen LogP contribution is -2.37. The van der Waals surface area contributed by atoms with E-state index in [9.17, 15) is 9.59 Å². The van der Waals surface area contributed by atoms with Gasteiger partial charge in [0.1, 0.15) is 5.92 Å². The van der Waals surface area contributed by atoms with Gasteiger partial charge in [0.15, 0.2) is 6.10 Å². The SMILES string of the molecule is O=C1[C@H]2[C@@H](ON(c3ccccc3)[C@H]2c2ccc(Cl)cc2)C(=O)N1c1ccc(Cl)cc1. The summed E-state index contributed by atoms with van der Waals surface area (Å²) < 4.78 is 0. The van der Waals surface area contributed by atoms with Crippen LogP contribution < -0.4 is 9.96 Å². The monoisotopic (exact) mass is 438 g/mol. The van der Waals surface area contributed by atoms with Crippen LogP contribution in [0.2, 0.25) is 10.0 Å². The van der Waals surface area contributed by atoms with Crippen LogP contribution in [0.5, 0.6) is 0 Å². The Bertz CT molecular complexity index is 1100. The van der Waals surface area contributed by atoms with Gasteiger partial charge in [0, 0.05) is 10.0 Å². The number of para-hydroxylation sites is 1. The van der Waals surface area contributed by atoms with Crippen LogP contribution in [-0.4, -0.2) is 17.9 Å². The van der Waals surface area contributed by atoms with Gasteiger partial charge in [-0.25, -0.2) is 9.96 Å². The standard InChI is InChI=1S/C23H16Cl2N2O3/c24-15-8-6-14(7-9-15)20-19-21(30-27(20)18-4-2-1-3-5-18)23(29)26(22(19)28)17-12-10-16(25)11-13-17/h1-13,19-21H/t19-,20+,21-/m1/s1. The van der Waals surface area contributed by atoms with Gasteiger partial charge >= 0.3 is 0 Å². The number of carbonyl (C=O) groups excluding carboxylic acids is 2. The fourth-order valence-corrected chi connectivity index (χ4v) is 4.31. The molecule has 3 atom stereocenters. The van der Waals surface area contributed by atoms with Crippen LogP contribution in [0.25, 0.3) is 0 Å². The second kappa shape index (κ2) is 7.43. The lowest BCUT2D eigenvalue weighted by atomic mass is 9.90. The minimum atomic E-state index is -0.908. The number of rotatable bonds is 3. The molecule has 2 aliphatic rings. The molecule has 3 aromatic rings. The Morgan fingerprint density at radius 2 is 1.30 bits per heavy atom. The van der Waals surface area contributed by atoms with E-state index in [1.807, 2.05) is 42.5 Å². The van der Waals surface area contributed by atoms with Gasteiger partial charge in [0.05, 0.1) is 17.4 Å². The number of benzene rings is 3. The molecule has 0 bridgehead atoms. The summed E-state index contributed by atoms with van der Waals surface area (Å²) in [6, 6.07) is 22.8. The van der Waals surface area contributed by atoms with Gasteiger partial charge in [-0.1, -0.05) is 53.5 Å². The number of imide groups is 1. The molecule has 0 saturated carbocycles. The summed E-state index contributed by atoms with van der Waals surface area (Å²) in [5.41, 5.74) is 2.09. The summed E-state index contributed by atoms with van der Waals surface area (Å²) in [7, 11) is 0. The molecule has 30 heavy (non-hydrogen) atoms. The summed E-state index contributed by atoms with van der Waals surface area (Å²) in [4.78, 5) is 33.9. The summed E-state index contributed by atoms with van der Waals surface area (Å²) in [6.45, 7) is 0. The average molecular weight is 439 g/mol. The summed E-state index contributed by atoms with van der Waals surface area (Å²) >= 11 is 12.0. The highest BCUT2D eigenvalue weighted by Crippen LogP contribution is 2.47. The molecule has 5 nitrogen and oxygen atoms in total. The molecule has 2 aliphatic heterocycles. The van der Waals surface area contributed by atoms with Crippen molar-refractivity contribution in [2.24, 2.45) is 5.92 Å². The van der Waals surface area contributed by atoms with Crippen LogP contribution in [-0.2, 0) is 14.4 Å². The first-order chi connectivity index (χ1) is 14.5. The lowest BCUT2D eigenvalue weighted by Gasteiger charge is -2.28. The van der Waals surface area contributed by atoms with Crippen molar-refractivity contribution in [3.05, 3.63) is 94.5 Å². The molecule has 2 amide bonds. The Kier molecular flexibility index (Phi) is 4.74.